The third-order valence-electron chi connectivity index (χ3n) is 5.13. The highest BCUT2D eigenvalue weighted by molar-refractivity contribution is 7.46. The number of rotatable bonds is 5. The average molecular weight is 430 g/mol. The highest BCUT2D eigenvalue weighted by Crippen LogP contribution is 2.55. The molecule has 13 heteroatoms. The zero-order valence-electron chi connectivity index (χ0n) is 16.6. The van der Waals surface area contributed by atoms with Crippen LogP contribution in [0.3, 0.4) is 0 Å². The number of ether oxygens (including phenoxy) is 1. The maximum Gasteiger partial charge on any atom is 0.268 e. The first-order valence-electron chi connectivity index (χ1n) is 9.55. The molecular weight excluding hydrogens is 403 g/mol. The Bertz CT molecular complexity index is 871. The Hall–Kier alpha value is -1.66. The summed E-state index contributed by atoms with van der Waals surface area (Å²) in [6, 6.07) is 0. The number of aliphatic hydroxyl groups is 1. The zero-order chi connectivity index (χ0) is 21.2. The van der Waals surface area contributed by atoms with Crippen molar-refractivity contribution < 1.29 is 33.2 Å². The summed E-state index contributed by atoms with van der Waals surface area (Å²) in [6.07, 6.45) is -0.906. The van der Waals surface area contributed by atoms with E-state index in [1.54, 1.807) is 4.90 Å². The molecule has 29 heavy (non-hydrogen) atoms. The fourth-order valence-electron chi connectivity index (χ4n) is 3.45. The van der Waals surface area contributed by atoms with Gasteiger partial charge in [-0.25, -0.2) is 15.0 Å². The third kappa shape index (κ3) is 4.43. The fourth-order valence-corrected chi connectivity index (χ4v) is 4.57. The Balaban J connectivity index is 0.000000298. The van der Waals surface area contributed by atoms with E-state index in [1.807, 2.05) is 0 Å². The van der Waals surface area contributed by atoms with Crippen molar-refractivity contribution in [3.8, 4) is 0 Å². The summed E-state index contributed by atoms with van der Waals surface area (Å²) in [4.78, 5) is 25.2. The van der Waals surface area contributed by atoms with Crippen molar-refractivity contribution in [1.82, 2.24) is 19.5 Å². The topological polar surface area (TPSA) is 162 Å². The van der Waals surface area contributed by atoms with E-state index in [0.29, 0.717) is 11.2 Å². The van der Waals surface area contributed by atoms with E-state index in [4.69, 9.17) is 19.5 Å². The van der Waals surface area contributed by atoms with Crippen LogP contribution < -0.4 is 15.5 Å². The zero-order valence-corrected chi connectivity index (χ0v) is 17.5. The average Bonchev–Trinajstić information content (AvgIpc) is 3.35. The minimum absolute atomic E-state index is 0.190. The number of phosphoric ester groups is 1. The number of nitrogens with one attached hydrogen (secondary N) is 1. The van der Waals surface area contributed by atoms with Crippen LogP contribution in [0.4, 0.5) is 5.82 Å². The molecule has 0 aromatic carbocycles. The Morgan fingerprint density at radius 1 is 1.21 bits per heavy atom. The first-order valence-corrected chi connectivity index (χ1v) is 11.0. The number of nitrogen functional groups attached to an aromatic ring is 1. The van der Waals surface area contributed by atoms with Gasteiger partial charge < -0.3 is 34.4 Å². The summed E-state index contributed by atoms with van der Waals surface area (Å²) in [7, 11) is -4.41. The van der Waals surface area contributed by atoms with Crippen LogP contribution in [0, 0.1) is 0 Å². The van der Waals surface area contributed by atoms with Crippen molar-refractivity contribution in [2.45, 2.75) is 45.3 Å². The van der Waals surface area contributed by atoms with Gasteiger partial charge in [0.15, 0.2) is 17.7 Å². The van der Waals surface area contributed by atoms with Gasteiger partial charge in [0.25, 0.3) is 7.82 Å². The summed E-state index contributed by atoms with van der Waals surface area (Å²) in [6.45, 7) is 10.1. The molecule has 0 bridgehead atoms. The third-order valence-corrected chi connectivity index (χ3v) is 6.13. The number of nitrogens with zero attached hydrogens (tertiary/aromatic N) is 4. The second kappa shape index (κ2) is 9.00. The van der Waals surface area contributed by atoms with E-state index in [9.17, 15) is 14.6 Å². The Morgan fingerprint density at radius 2 is 1.86 bits per heavy atom. The maximum absolute atomic E-state index is 11.5. The molecule has 12 nitrogen and oxygen atoms in total. The summed E-state index contributed by atoms with van der Waals surface area (Å²) < 4.78 is 28.4. The van der Waals surface area contributed by atoms with Gasteiger partial charge in [-0.05, 0) is 20.8 Å². The second-order valence-electron chi connectivity index (χ2n) is 6.73. The Labute approximate surface area is 168 Å². The summed E-state index contributed by atoms with van der Waals surface area (Å²) in [5, 5.41) is 9.33. The first kappa shape index (κ1) is 22.0. The Morgan fingerprint density at radius 3 is 2.45 bits per heavy atom. The molecule has 5 atom stereocenters. The second-order valence-corrected chi connectivity index (χ2v) is 8.04. The summed E-state index contributed by atoms with van der Waals surface area (Å²) in [5.41, 5.74) is 6.44. The van der Waals surface area contributed by atoms with Gasteiger partial charge in [-0.15, -0.1) is 0 Å². The minimum atomic E-state index is -4.41. The molecule has 4 heterocycles. The van der Waals surface area contributed by atoms with Crippen LogP contribution in [0.2, 0.25) is 0 Å². The van der Waals surface area contributed by atoms with Crippen LogP contribution in [0.5, 0.6) is 0 Å². The molecule has 0 amide bonds. The summed E-state index contributed by atoms with van der Waals surface area (Å²) >= 11 is 0. The van der Waals surface area contributed by atoms with Gasteiger partial charge in [0.2, 0.25) is 0 Å². The van der Waals surface area contributed by atoms with E-state index < -0.39 is 39.0 Å². The number of aliphatic hydroxyl groups excluding tert-OH is 1. The minimum Gasteiger partial charge on any atom is -0.756 e. The Kier molecular flexibility index (Phi) is 6.84. The predicted molar refractivity (Wildman–Crippen MR) is 101 cm³/mol. The van der Waals surface area contributed by atoms with E-state index >= 15 is 0 Å². The first-order chi connectivity index (χ1) is 13.8. The van der Waals surface area contributed by atoms with E-state index in [1.165, 1.54) is 36.9 Å². The van der Waals surface area contributed by atoms with Crippen molar-refractivity contribution in [2.24, 2.45) is 0 Å². The SMILES string of the molecule is CC[NH+](CC)CC.Nc1ncnc2c1ncn2[C@@H]1O[C@H](CO)C2OP(=O)([O-])O[C@@H]21. The molecule has 0 saturated carbocycles. The van der Waals surface area contributed by atoms with Gasteiger partial charge in [-0.2, -0.15) is 0 Å². The van der Waals surface area contributed by atoms with Gasteiger partial charge >= 0.3 is 0 Å². The van der Waals surface area contributed by atoms with Crippen molar-refractivity contribution in [1.29, 1.82) is 0 Å². The molecule has 2 saturated heterocycles. The molecule has 0 aliphatic carbocycles. The molecule has 2 aromatic rings. The smallest absolute Gasteiger partial charge is 0.268 e. The van der Waals surface area contributed by atoms with Crippen LogP contribution in [-0.4, -0.2) is 69.2 Å². The number of hydrogen-bond acceptors (Lipinski definition) is 10. The number of phosphoric acid groups is 1. The molecule has 4 N–H and O–H groups in total. The molecule has 2 aliphatic rings. The van der Waals surface area contributed by atoms with Gasteiger partial charge in [0, 0.05) is 0 Å². The number of anilines is 1. The molecule has 0 radical (unpaired) electrons. The lowest BCUT2D eigenvalue weighted by Gasteiger charge is -2.22. The van der Waals surface area contributed by atoms with Gasteiger partial charge in [0.1, 0.15) is 30.2 Å². The molecule has 2 aromatic heterocycles. The van der Waals surface area contributed by atoms with E-state index in [2.05, 4.69) is 35.7 Å². The number of imidazole rings is 1. The highest BCUT2D eigenvalue weighted by atomic mass is 31.2. The van der Waals surface area contributed by atoms with E-state index in [0.717, 1.165) is 0 Å². The molecule has 162 valence electrons. The lowest BCUT2D eigenvalue weighted by Crippen LogP contribution is -3.11. The number of hydrogen-bond donors (Lipinski definition) is 3. The van der Waals surface area contributed by atoms with Crippen LogP contribution in [0.1, 0.15) is 27.0 Å². The predicted octanol–water partition coefficient (Wildman–Crippen LogP) is -1.52. The number of aromatic nitrogens is 4. The summed E-state index contributed by atoms with van der Waals surface area (Å²) in [5.74, 6) is 0.190. The maximum atomic E-state index is 11.5. The quantitative estimate of drug-likeness (QED) is 0.475. The normalized spacial score (nSPS) is 31.1. The molecule has 2 aliphatic heterocycles. The van der Waals surface area contributed by atoms with Crippen molar-refractivity contribution >= 4 is 24.8 Å². The van der Waals surface area contributed by atoms with Crippen LogP contribution >= 0.6 is 7.82 Å². The monoisotopic (exact) mass is 430 g/mol. The van der Waals surface area contributed by atoms with Crippen molar-refractivity contribution in [2.75, 3.05) is 32.0 Å². The number of fused-ring (bicyclic) bond motifs is 2. The highest BCUT2D eigenvalue weighted by Gasteiger charge is 2.54. The van der Waals surface area contributed by atoms with Gasteiger partial charge in [0.05, 0.1) is 32.6 Å². The lowest BCUT2D eigenvalue weighted by atomic mass is 10.1. The molecule has 2 unspecified atom stereocenters. The lowest BCUT2D eigenvalue weighted by molar-refractivity contribution is -0.894. The van der Waals surface area contributed by atoms with Crippen LogP contribution in [0.25, 0.3) is 11.2 Å². The molecule has 2 fully saturated rings. The number of quaternary nitrogens is 1. The number of nitrogens with two attached hydrogens (primary N) is 1. The fraction of sp³-hybridized carbons (Fsp3) is 0.688. The van der Waals surface area contributed by atoms with Crippen LogP contribution in [-0.2, 0) is 18.3 Å². The standard InChI is InChI=1S/C10H12N5O6P.C6H15N/c11-8-5-9(13-2-12-8)15(3-14-5)10-7-6(4(1-16)19-10)20-22(17,18)21-7;1-4-7(5-2)6-3/h2-4,6-7,10,16H,1H2,(H,17,18)(H2,11,12,13);4-6H2,1-3H3/t4-,6?,7+,10-;/m1./s1. The largest absolute Gasteiger partial charge is 0.756 e. The van der Waals surface area contributed by atoms with Gasteiger partial charge in [-0.1, -0.05) is 0 Å². The van der Waals surface area contributed by atoms with Crippen molar-refractivity contribution in [3.63, 3.8) is 0 Å². The molecular formula is C16H27N6O6P. The van der Waals surface area contributed by atoms with Gasteiger partial charge in [-0.3, -0.25) is 9.13 Å². The molecule has 0 spiro atoms. The van der Waals surface area contributed by atoms with Crippen molar-refractivity contribution in [3.05, 3.63) is 12.7 Å². The van der Waals surface area contributed by atoms with E-state index in [-0.39, 0.29) is 5.82 Å². The van der Waals surface area contributed by atoms with Crippen LogP contribution in [0.15, 0.2) is 12.7 Å². The molecule has 4 rings (SSSR count).